The van der Waals surface area contributed by atoms with E-state index in [-0.39, 0.29) is 17.2 Å². The zero-order valence-electron chi connectivity index (χ0n) is 28.6. The van der Waals surface area contributed by atoms with Crippen molar-refractivity contribution >= 4 is 50.4 Å². The summed E-state index contributed by atoms with van der Waals surface area (Å²) in [7, 11) is 2.21. The fraction of sp³-hybridized carbons (Fsp3) is 0.350. The van der Waals surface area contributed by atoms with Gasteiger partial charge in [0.2, 0.25) is 5.56 Å². The number of hydrogen-bond acceptors (Lipinski definition) is 8. The van der Waals surface area contributed by atoms with E-state index in [1.54, 1.807) is 34.8 Å². The van der Waals surface area contributed by atoms with Gasteiger partial charge in [0.05, 0.1) is 11.6 Å². The van der Waals surface area contributed by atoms with Crippen LogP contribution in [0.1, 0.15) is 59.1 Å². The molecule has 1 fully saturated rings. The number of thiophene rings is 2. The number of aliphatic hydroxyl groups excluding tert-OH is 1. The van der Waals surface area contributed by atoms with Gasteiger partial charge in [0.1, 0.15) is 11.2 Å². The maximum atomic E-state index is 13.0. The summed E-state index contributed by atoms with van der Waals surface area (Å²) in [4.78, 5) is 31.8. The normalized spacial score (nSPS) is 17.4. The van der Waals surface area contributed by atoms with E-state index in [2.05, 4.69) is 57.3 Å². The number of pyridine rings is 1. The molecule has 51 heavy (non-hydrogen) atoms. The molecule has 0 unspecified atom stereocenters. The number of hydrogen-bond donors (Lipinski definition) is 5. The predicted molar refractivity (Wildman–Crippen MR) is 205 cm³/mol. The third-order valence-electron chi connectivity index (χ3n) is 10.8. The van der Waals surface area contributed by atoms with E-state index in [1.165, 1.54) is 23.0 Å². The molecule has 11 heteroatoms. The molecule has 5 N–H and O–H groups in total. The Hall–Kier alpha value is -4.26. The van der Waals surface area contributed by atoms with Crippen LogP contribution in [0.3, 0.4) is 0 Å². The number of aryl methyl sites for hydroxylation is 1. The quantitative estimate of drug-likeness (QED) is 0.0812. The Bertz CT molecular complexity index is 2110. The zero-order chi connectivity index (χ0) is 35.5. The zero-order valence-corrected chi connectivity index (χ0v) is 30.3. The minimum absolute atomic E-state index is 0.0258. The smallest absolute Gasteiger partial charge is 0.320 e. The van der Waals surface area contributed by atoms with Crippen LogP contribution in [0.5, 0.6) is 5.75 Å². The monoisotopic (exact) mass is 724 g/mol. The first-order valence-electron chi connectivity index (χ1n) is 17.6. The molecule has 6 aromatic rings. The van der Waals surface area contributed by atoms with Crippen molar-refractivity contribution < 1.29 is 20.1 Å². The lowest BCUT2D eigenvalue weighted by atomic mass is 9.66. The highest BCUT2D eigenvalue weighted by Gasteiger charge is 2.51. The molecule has 1 saturated carbocycles. The Kier molecular flexibility index (Phi) is 10.4. The number of aliphatic hydroxyl groups is 1. The number of rotatable bonds is 14. The van der Waals surface area contributed by atoms with Crippen molar-refractivity contribution in [2.75, 3.05) is 20.1 Å². The number of nitrogens with one attached hydrogen (secondary N) is 2. The highest BCUT2D eigenvalue weighted by atomic mass is 32.1. The van der Waals surface area contributed by atoms with Crippen LogP contribution in [0, 0.1) is 5.92 Å². The molecule has 0 radical (unpaired) electrons. The lowest BCUT2D eigenvalue weighted by Gasteiger charge is -2.42. The first-order valence-corrected chi connectivity index (χ1v) is 19.3. The molecule has 0 aliphatic heterocycles. The molecule has 0 spiro atoms. The average Bonchev–Trinajstić information content (AvgIpc) is 3.93. The number of phenolic OH excluding ortho intramolecular Hbond substituents is 1. The molecule has 1 aliphatic carbocycles. The minimum atomic E-state index is -0.967. The first kappa shape index (κ1) is 35.2. The average molecular weight is 725 g/mol. The number of H-pyrrole nitrogens is 1. The summed E-state index contributed by atoms with van der Waals surface area (Å²) >= 11 is 3.12. The summed E-state index contributed by atoms with van der Waals surface area (Å²) in [6.45, 7) is 2.80. The molecular weight excluding hydrogens is 681 g/mol. The number of carbonyl (C=O) groups is 1. The summed E-state index contributed by atoms with van der Waals surface area (Å²) in [5.41, 5.74) is 2.00. The second-order valence-electron chi connectivity index (χ2n) is 13.7. The van der Waals surface area contributed by atoms with Crippen molar-refractivity contribution in [1.29, 1.82) is 0 Å². The molecule has 4 heterocycles. The molecule has 1 aliphatic rings. The number of aromatic hydroxyl groups is 1. The van der Waals surface area contributed by atoms with Crippen LogP contribution < -0.4 is 10.9 Å². The fourth-order valence-electron chi connectivity index (χ4n) is 8.10. The number of aliphatic carboxylic acids is 1. The van der Waals surface area contributed by atoms with Gasteiger partial charge in [-0.1, -0.05) is 24.3 Å². The third kappa shape index (κ3) is 7.01. The Balaban J connectivity index is 0.907. The summed E-state index contributed by atoms with van der Waals surface area (Å²) in [6.07, 6.45) is 6.14. The minimum Gasteiger partial charge on any atom is -0.506 e. The Labute approximate surface area is 304 Å². The van der Waals surface area contributed by atoms with Crippen molar-refractivity contribution in [3.8, 4) is 5.75 Å². The second kappa shape index (κ2) is 15.1. The maximum absolute atomic E-state index is 13.0. The van der Waals surface area contributed by atoms with E-state index < -0.39 is 17.5 Å². The number of aromatic nitrogens is 2. The molecule has 1 atom stereocenters. The van der Waals surface area contributed by atoms with Gasteiger partial charge in [-0.15, -0.1) is 22.7 Å². The van der Waals surface area contributed by atoms with Gasteiger partial charge in [0, 0.05) is 58.6 Å². The van der Waals surface area contributed by atoms with Gasteiger partial charge in [-0.3, -0.25) is 9.59 Å². The maximum Gasteiger partial charge on any atom is 0.320 e. The van der Waals surface area contributed by atoms with Gasteiger partial charge in [0.25, 0.3) is 0 Å². The van der Waals surface area contributed by atoms with Crippen LogP contribution in [0.15, 0.2) is 94.5 Å². The van der Waals surface area contributed by atoms with Gasteiger partial charge in [-0.2, -0.15) is 0 Å². The Morgan fingerprint density at radius 1 is 1.02 bits per heavy atom. The predicted octanol–water partition coefficient (Wildman–Crippen LogP) is 7.09. The van der Waals surface area contributed by atoms with E-state index in [0.29, 0.717) is 35.6 Å². The van der Waals surface area contributed by atoms with Gasteiger partial charge in [-0.25, -0.2) is 0 Å². The SMILES string of the molecule is CN(CCCn1ccc2cc(CNC[C@H](O)c3ccc(O)c4[nH]c(=O)ccc34)ccc21)C1CCC(C(C(=O)O)(c2cccs2)c2cccs2)CC1. The van der Waals surface area contributed by atoms with Crippen molar-refractivity contribution in [3.05, 3.63) is 121 Å². The lowest BCUT2D eigenvalue weighted by molar-refractivity contribution is -0.144. The van der Waals surface area contributed by atoms with Crippen LogP contribution in [0.4, 0.5) is 0 Å². The summed E-state index contributed by atoms with van der Waals surface area (Å²) < 4.78 is 2.31. The van der Waals surface area contributed by atoms with Crippen LogP contribution in [0.25, 0.3) is 21.8 Å². The van der Waals surface area contributed by atoms with Crippen molar-refractivity contribution in [3.63, 3.8) is 0 Å². The van der Waals surface area contributed by atoms with E-state index in [4.69, 9.17) is 0 Å². The molecule has 0 amide bonds. The number of nitrogens with zero attached hydrogens (tertiary/aromatic N) is 2. The molecule has 9 nitrogen and oxygen atoms in total. The highest BCUT2D eigenvalue weighted by molar-refractivity contribution is 7.12. The summed E-state index contributed by atoms with van der Waals surface area (Å²) in [5, 5.41) is 40.9. The molecular formula is C40H44N4O5S2. The fourth-order valence-corrected chi connectivity index (χ4v) is 10.2. The highest BCUT2D eigenvalue weighted by Crippen LogP contribution is 2.49. The molecule has 7 rings (SSSR count). The van der Waals surface area contributed by atoms with Gasteiger partial charge in [0.15, 0.2) is 0 Å². The van der Waals surface area contributed by atoms with Crippen molar-refractivity contribution in [1.82, 2.24) is 19.8 Å². The van der Waals surface area contributed by atoms with Gasteiger partial charge in [-0.05, 0) is 121 Å². The number of phenols is 1. The van der Waals surface area contributed by atoms with Crippen LogP contribution in [0.2, 0.25) is 0 Å². The van der Waals surface area contributed by atoms with Crippen LogP contribution in [-0.4, -0.2) is 61.9 Å². The molecule has 0 bridgehead atoms. The number of fused-ring (bicyclic) bond motifs is 2. The van der Waals surface area contributed by atoms with E-state index in [9.17, 15) is 24.9 Å². The van der Waals surface area contributed by atoms with Gasteiger partial charge >= 0.3 is 5.97 Å². The topological polar surface area (TPSA) is 131 Å². The first-order chi connectivity index (χ1) is 24.8. The van der Waals surface area contributed by atoms with Crippen molar-refractivity contribution in [2.24, 2.45) is 5.92 Å². The van der Waals surface area contributed by atoms with Crippen LogP contribution >= 0.6 is 22.7 Å². The molecule has 266 valence electrons. The third-order valence-corrected chi connectivity index (χ3v) is 12.8. The molecule has 2 aromatic carbocycles. The summed E-state index contributed by atoms with van der Waals surface area (Å²) in [6, 6.07) is 23.2. The molecule has 4 aromatic heterocycles. The Morgan fingerprint density at radius 3 is 2.45 bits per heavy atom. The number of carboxylic acid groups (broad SMARTS) is 1. The van der Waals surface area contributed by atoms with Crippen molar-refractivity contribution in [2.45, 2.75) is 62.8 Å². The van der Waals surface area contributed by atoms with Crippen LogP contribution in [-0.2, 0) is 23.3 Å². The summed E-state index contributed by atoms with van der Waals surface area (Å²) in [5.74, 6) is -0.687. The largest absolute Gasteiger partial charge is 0.506 e. The number of carboxylic acids is 1. The number of aromatic amines is 1. The van der Waals surface area contributed by atoms with Gasteiger partial charge < -0.3 is 35.1 Å². The Morgan fingerprint density at radius 2 is 1.76 bits per heavy atom. The van der Waals surface area contributed by atoms with E-state index >= 15 is 0 Å². The standard InChI is InChI=1S/C40H44N4O5S2/c1-43(29-10-8-28(9-11-29)40(39(48)49,35-5-2-21-50-35)36-6-3-22-51-36)18-4-19-44-20-17-27-23-26(7-14-32(27)44)24-41-25-34(46)30-12-15-33(45)38-31(30)13-16-37(47)42-38/h2-3,5-7,12-17,20-23,28-29,34,41,45-46H,4,8-11,18-19,24-25H2,1H3,(H,42,47)(H,48,49)/t28?,29?,34-/m0/s1. The van der Waals surface area contributed by atoms with E-state index in [1.807, 2.05) is 35.0 Å². The molecule has 0 saturated heterocycles. The second-order valence-corrected chi connectivity index (χ2v) is 15.6. The number of benzene rings is 2. The van der Waals surface area contributed by atoms with E-state index in [0.717, 1.165) is 60.5 Å². The lowest BCUT2D eigenvalue weighted by Crippen LogP contribution is -2.46.